The lowest BCUT2D eigenvalue weighted by molar-refractivity contribution is -0.123. The van der Waals surface area contributed by atoms with Gasteiger partial charge in [0.05, 0.1) is 0 Å². The van der Waals surface area contributed by atoms with Crippen LogP contribution in [0.1, 0.15) is 30.7 Å². The summed E-state index contributed by atoms with van der Waals surface area (Å²) in [6.07, 6.45) is 3.44. The van der Waals surface area contributed by atoms with Gasteiger partial charge in [0.15, 0.2) is 0 Å². The number of hydrogen-bond acceptors (Lipinski definition) is 3. The molecule has 1 aromatic carbocycles. The summed E-state index contributed by atoms with van der Waals surface area (Å²) in [4.78, 5) is 12.4. The summed E-state index contributed by atoms with van der Waals surface area (Å²) in [6, 6.07) is 8.06. The van der Waals surface area contributed by atoms with Crippen LogP contribution >= 0.6 is 0 Å². The van der Waals surface area contributed by atoms with E-state index in [1.165, 1.54) is 12.8 Å². The van der Waals surface area contributed by atoms with E-state index in [4.69, 9.17) is 4.74 Å². The van der Waals surface area contributed by atoms with E-state index in [-0.39, 0.29) is 17.9 Å². The number of carbonyl (C=O) groups is 1. The van der Waals surface area contributed by atoms with Crippen molar-refractivity contribution in [2.45, 2.75) is 31.2 Å². The molecule has 0 aromatic heterocycles. The van der Waals surface area contributed by atoms with E-state index in [0.29, 0.717) is 6.61 Å². The van der Waals surface area contributed by atoms with E-state index in [9.17, 15) is 4.79 Å². The Labute approximate surface area is 113 Å². The number of ether oxygens (including phenoxy) is 1. The van der Waals surface area contributed by atoms with E-state index >= 15 is 0 Å². The summed E-state index contributed by atoms with van der Waals surface area (Å²) in [5.41, 5.74) is 1.02. The molecule has 2 unspecified atom stereocenters. The molecule has 4 heteroatoms. The Morgan fingerprint density at radius 1 is 1.32 bits per heavy atom. The van der Waals surface area contributed by atoms with Gasteiger partial charge < -0.3 is 15.4 Å². The standard InChI is InChI=1S/C15H20N2O2/c18-15(17-11-5-3-4-8-16-9-11)13-10-19-14-7-2-1-6-12(13)14/h1-2,6-7,11,13,16H,3-5,8-10H2,(H,17,18). The third kappa shape index (κ3) is 2.73. The first-order chi connectivity index (χ1) is 9.34. The first-order valence-electron chi connectivity index (χ1n) is 7.07. The Hall–Kier alpha value is -1.55. The van der Waals surface area contributed by atoms with Gasteiger partial charge in [-0.15, -0.1) is 0 Å². The monoisotopic (exact) mass is 260 g/mol. The van der Waals surface area contributed by atoms with Crippen molar-refractivity contribution < 1.29 is 9.53 Å². The van der Waals surface area contributed by atoms with Gasteiger partial charge in [0.1, 0.15) is 18.3 Å². The minimum atomic E-state index is -0.153. The van der Waals surface area contributed by atoms with Crippen LogP contribution in [0.4, 0.5) is 0 Å². The highest BCUT2D eigenvalue weighted by Gasteiger charge is 2.31. The lowest BCUT2D eigenvalue weighted by Gasteiger charge is -2.18. The molecule has 1 amide bonds. The van der Waals surface area contributed by atoms with Crippen molar-refractivity contribution >= 4 is 5.91 Å². The average Bonchev–Trinajstić information content (AvgIpc) is 2.70. The Morgan fingerprint density at radius 3 is 3.16 bits per heavy atom. The number of hydrogen-bond donors (Lipinski definition) is 2. The first-order valence-corrected chi connectivity index (χ1v) is 7.07. The minimum absolute atomic E-state index is 0.0960. The zero-order valence-electron chi connectivity index (χ0n) is 11.0. The molecule has 0 aliphatic carbocycles. The molecule has 0 spiro atoms. The van der Waals surface area contributed by atoms with Gasteiger partial charge in [-0.25, -0.2) is 0 Å². The minimum Gasteiger partial charge on any atom is -0.492 e. The van der Waals surface area contributed by atoms with Crippen LogP contribution in [0.15, 0.2) is 24.3 Å². The van der Waals surface area contributed by atoms with Crippen molar-refractivity contribution in [2.75, 3.05) is 19.7 Å². The Balaban J connectivity index is 1.65. The molecule has 19 heavy (non-hydrogen) atoms. The fraction of sp³-hybridized carbons (Fsp3) is 0.533. The molecule has 0 radical (unpaired) electrons. The summed E-state index contributed by atoms with van der Waals surface area (Å²) in [7, 11) is 0. The largest absolute Gasteiger partial charge is 0.492 e. The summed E-state index contributed by atoms with van der Waals surface area (Å²) >= 11 is 0. The maximum atomic E-state index is 12.4. The summed E-state index contributed by atoms with van der Waals surface area (Å²) in [5, 5.41) is 6.53. The third-order valence-corrected chi connectivity index (χ3v) is 3.91. The Bertz CT molecular complexity index is 453. The van der Waals surface area contributed by atoms with Crippen LogP contribution in [-0.2, 0) is 4.79 Å². The van der Waals surface area contributed by atoms with Crippen molar-refractivity contribution in [1.29, 1.82) is 0 Å². The van der Waals surface area contributed by atoms with Gasteiger partial charge in [-0.05, 0) is 25.5 Å². The zero-order chi connectivity index (χ0) is 13.1. The molecule has 102 valence electrons. The van der Waals surface area contributed by atoms with Crippen molar-refractivity contribution in [1.82, 2.24) is 10.6 Å². The molecule has 1 aromatic rings. The van der Waals surface area contributed by atoms with Crippen LogP contribution in [0.3, 0.4) is 0 Å². The molecule has 2 aliphatic heterocycles. The van der Waals surface area contributed by atoms with Crippen molar-refractivity contribution in [3.05, 3.63) is 29.8 Å². The maximum absolute atomic E-state index is 12.4. The molecule has 2 aliphatic rings. The van der Waals surface area contributed by atoms with E-state index in [0.717, 1.165) is 30.8 Å². The van der Waals surface area contributed by atoms with Gasteiger partial charge in [0.25, 0.3) is 0 Å². The average molecular weight is 260 g/mol. The number of para-hydroxylation sites is 1. The Morgan fingerprint density at radius 2 is 2.21 bits per heavy atom. The van der Waals surface area contributed by atoms with E-state index in [1.807, 2.05) is 24.3 Å². The summed E-state index contributed by atoms with van der Waals surface area (Å²) in [5.74, 6) is 0.791. The van der Waals surface area contributed by atoms with Crippen LogP contribution in [0.5, 0.6) is 5.75 Å². The number of fused-ring (bicyclic) bond motifs is 1. The van der Waals surface area contributed by atoms with Crippen molar-refractivity contribution in [3.8, 4) is 5.75 Å². The third-order valence-electron chi connectivity index (χ3n) is 3.91. The molecular weight excluding hydrogens is 240 g/mol. The fourth-order valence-corrected chi connectivity index (χ4v) is 2.82. The van der Waals surface area contributed by atoms with E-state index in [1.54, 1.807) is 0 Å². The van der Waals surface area contributed by atoms with Gasteiger partial charge in [-0.3, -0.25) is 4.79 Å². The molecule has 1 fully saturated rings. The molecule has 2 N–H and O–H groups in total. The highest BCUT2D eigenvalue weighted by Crippen LogP contribution is 2.33. The highest BCUT2D eigenvalue weighted by molar-refractivity contribution is 5.85. The topological polar surface area (TPSA) is 50.4 Å². The Kier molecular flexibility index (Phi) is 3.69. The normalized spacial score (nSPS) is 26.1. The second-order valence-electron chi connectivity index (χ2n) is 5.31. The predicted octanol–water partition coefficient (Wildman–Crippen LogP) is 1.42. The number of nitrogens with one attached hydrogen (secondary N) is 2. The second-order valence-corrected chi connectivity index (χ2v) is 5.31. The summed E-state index contributed by atoms with van der Waals surface area (Å²) in [6.45, 7) is 2.40. The van der Waals surface area contributed by atoms with Gasteiger partial charge in [0.2, 0.25) is 5.91 Å². The fourth-order valence-electron chi connectivity index (χ4n) is 2.82. The molecule has 1 saturated heterocycles. The van der Waals surface area contributed by atoms with Gasteiger partial charge >= 0.3 is 0 Å². The summed E-state index contributed by atoms with van der Waals surface area (Å²) < 4.78 is 5.57. The van der Waals surface area contributed by atoms with E-state index < -0.39 is 0 Å². The molecule has 2 atom stereocenters. The van der Waals surface area contributed by atoms with Crippen molar-refractivity contribution in [3.63, 3.8) is 0 Å². The molecule has 4 nitrogen and oxygen atoms in total. The number of rotatable bonds is 2. The molecule has 3 rings (SSSR count). The smallest absolute Gasteiger partial charge is 0.231 e. The van der Waals surface area contributed by atoms with Gasteiger partial charge in [-0.1, -0.05) is 24.6 Å². The first kappa shape index (κ1) is 12.5. The lowest BCUT2D eigenvalue weighted by Crippen LogP contribution is -2.43. The number of benzene rings is 1. The second kappa shape index (κ2) is 5.61. The van der Waals surface area contributed by atoms with E-state index in [2.05, 4.69) is 10.6 Å². The van der Waals surface area contributed by atoms with Gasteiger partial charge in [0, 0.05) is 18.2 Å². The molecule has 2 heterocycles. The molecule has 0 saturated carbocycles. The maximum Gasteiger partial charge on any atom is 0.231 e. The van der Waals surface area contributed by atoms with Crippen molar-refractivity contribution in [2.24, 2.45) is 0 Å². The van der Waals surface area contributed by atoms with Crippen LogP contribution in [0, 0.1) is 0 Å². The van der Waals surface area contributed by atoms with Crippen LogP contribution in [-0.4, -0.2) is 31.6 Å². The van der Waals surface area contributed by atoms with Crippen LogP contribution in [0.25, 0.3) is 0 Å². The van der Waals surface area contributed by atoms with Crippen LogP contribution < -0.4 is 15.4 Å². The zero-order valence-corrected chi connectivity index (χ0v) is 11.0. The highest BCUT2D eigenvalue weighted by atomic mass is 16.5. The molecule has 0 bridgehead atoms. The lowest BCUT2D eigenvalue weighted by atomic mass is 10.00. The van der Waals surface area contributed by atoms with Gasteiger partial charge in [-0.2, -0.15) is 0 Å². The predicted molar refractivity (Wildman–Crippen MR) is 73.3 cm³/mol. The number of carbonyl (C=O) groups excluding carboxylic acids is 1. The molecular formula is C15H20N2O2. The number of amides is 1. The van der Waals surface area contributed by atoms with Crippen LogP contribution in [0.2, 0.25) is 0 Å². The SMILES string of the molecule is O=C(NC1CCCCNC1)C1COc2ccccc21. The quantitative estimate of drug-likeness (QED) is 0.845.